The monoisotopic (exact) mass is 516 g/mol. The second kappa shape index (κ2) is 7.22. The van der Waals surface area contributed by atoms with Gasteiger partial charge in [-0.3, -0.25) is 0 Å². The molecule has 1 atom stereocenters. The molecule has 0 N–H and O–H groups in total. The van der Waals surface area contributed by atoms with Crippen LogP contribution in [-0.4, -0.2) is 30.1 Å². The lowest BCUT2D eigenvalue weighted by atomic mass is 9.44. The Morgan fingerprint density at radius 2 is 1.40 bits per heavy atom. The van der Waals surface area contributed by atoms with Crippen molar-refractivity contribution in [2.45, 2.75) is 36.0 Å². The summed E-state index contributed by atoms with van der Waals surface area (Å²) in [5, 5.41) is 0. The van der Waals surface area contributed by atoms with Crippen LogP contribution in [0.5, 0.6) is 0 Å². The van der Waals surface area contributed by atoms with Gasteiger partial charge in [-0.15, -0.1) is 0 Å². The molecule has 0 spiro atoms. The van der Waals surface area contributed by atoms with Crippen LogP contribution in [0.1, 0.15) is 48.9 Å². The number of alkyl halides is 1. The van der Waals surface area contributed by atoms with Crippen molar-refractivity contribution in [3.63, 3.8) is 0 Å². The van der Waals surface area contributed by atoms with Crippen molar-refractivity contribution in [3.8, 4) is 0 Å². The highest BCUT2D eigenvalue weighted by molar-refractivity contribution is 14.1. The smallest absolute Gasteiger partial charge is 0.335 e. The molecule has 30 heavy (non-hydrogen) atoms. The van der Waals surface area contributed by atoms with Gasteiger partial charge in [-0.1, -0.05) is 91.9 Å². The Labute approximate surface area is 190 Å². The Bertz CT molecular complexity index is 1030. The van der Waals surface area contributed by atoms with Crippen molar-refractivity contribution >= 4 is 34.5 Å². The van der Waals surface area contributed by atoms with E-state index in [4.69, 9.17) is 9.47 Å². The maximum atomic E-state index is 13.4. The minimum atomic E-state index is -0.841. The van der Waals surface area contributed by atoms with E-state index in [1.807, 2.05) is 24.3 Å². The minimum Gasteiger partial charge on any atom is -0.466 e. The third kappa shape index (κ3) is 2.44. The first-order valence-corrected chi connectivity index (χ1v) is 11.2. The molecule has 2 aromatic rings. The van der Waals surface area contributed by atoms with Crippen LogP contribution in [0, 0.1) is 5.41 Å². The average molecular weight is 516 g/mol. The Balaban J connectivity index is 2.29. The van der Waals surface area contributed by atoms with E-state index in [1.165, 1.54) is 14.2 Å². The molecule has 0 amide bonds. The molecular formula is C25H25IO4. The summed E-state index contributed by atoms with van der Waals surface area (Å²) in [7, 11) is 2.74. The van der Waals surface area contributed by atoms with Crippen molar-refractivity contribution < 1.29 is 19.1 Å². The highest BCUT2D eigenvalue weighted by Crippen LogP contribution is 2.66. The summed E-state index contributed by atoms with van der Waals surface area (Å²) in [5.74, 6) is -1.32. The van der Waals surface area contributed by atoms with Crippen LogP contribution in [0.25, 0.3) is 0 Å². The SMILES string of the molecule is COC(=O)C1=C(C(=O)OC)C2(C(C)(C)C(C)I)c3ccccc3C1c1ccccc12. The van der Waals surface area contributed by atoms with E-state index in [1.54, 1.807) is 0 Å². The lowest BCUT2D eigenvalue weighted by Gasteiger charge is -2.58. The number of esters is 2. The number of halogens is 1. The maximum absolute atomic E-state index is 13.4. The zero-order valence-corrected chi connectivity index (χ0v) is 19.9. The van der Waals surface area contributed by atoms with E-state index >= 15 is 0 Å². The largest absolute Gasteiger partial charge is 0.466 e. The van der Waals surface area contributed by atoms with Gasteiger partial charge in [0.1, 0.15) is 0 Å². The first-order valence-electron chi connectivity index (χ1n) is 9.99. The second-order valence-electron chi connectivity index (χ2n) is 8.47. The fourth-order valence-electron chi connectivity index (χ4n) is 5.43. The van der Waals surface area contributed by atoms with Crippen molar-refractivity contribution in [3.05, 3.63) is 81.9 Å². The summed E-state index contributed by atoms with van der Waals surface area (Å²) >= 11 is 2.42. The van der Waals surface area contributed by atoms with E-state index in [9.17, 15) is 9.59 Å². The number of hydrogen-bond donors (Lipinski definition) is 0. The predicted molar refractivity (Wildman–Crippen MR) is 124 cm³/mol. The molecule has 1 unspecified atom stereocenters. The molecule has 2 aromatic carbocycles. The highest BCUT2D eigenvalue weighted by Gasteiger charge is 2.64. The summed E-state index contributed by atoms with van der Waals surface area (Å²) in [5.41, 5.74) is 3.77. The number of hydrogen-bond acceptors (Lipinski definition) is 4. The quantitative estimate of drug-likeness (QED) is 0.329. The molecule has 0 fully saturated rings. The molecule has 3 aliphatic carbocycles. The van der Waals surface area contributed by atoms with Gasteiger partial charge in [0, 0.05) is 9.84 Å². The Morgan fingerprint density at radius 3 is 1.83 bits per heavy atom. The average Bonchev–Trinajstić information content (AvgIpc) is 2.76. The predicted octanol–water partition coefficient (Wildman–Crippen LogP) is 4.92. The lowest BCUT2D eigenvalue weighted by molar-refractivity contribution is -0.140. The van der Waals surface area contributed by atoms with Crippen LogP contribution < -0.4 is 0 Å². The van der Waals surface area contributed by atoms with Crippen molar-refractivity contribution in [1.82, 2.24) is 0 Å². The van der Waals surface area contributed by atoms with Gasteiger partial charge in [0.05, 0.1) is 30.8 Å². The Hall–Kier alpha value is -2.15. The van der Waals surface area contributed by atoms with Crippen LogP contribution in [-0.2, 0) is 24.5 Å². The zero-order chi connectivity index (χ0) is 21.8. The molecule has 156 valence electrons. The number of rotatable bonds is 4. The molecule has 5 heteroatoms. The topological polar surface area (TPSA) is 52.6 Å². The van der Waals surface area contributed by atoms with Gasteiger partial charge < -0.3 is 9.47 Å². The molecule has 0 aliphatic heterocycles. The van der Waals surface area contributed by atoms with Gasteiger partial charge in [-0.05, 0) is 27.7 Å². The molecule has 0 saturated carbocycles. The zero-order valence-electron chi connectivity index (χ0n) is 17.8. The van der Waals surface area contributed by atoms with Crippen LogP contribution in [0.15, 0.2) is 59.7 Å². The highest BCUT2D eigenvalue weighted by atomic mass is 127. The van der Waals surface area contributed by atoms with E-state index < -0.39 is 22.8 Å². The summed E-state index contributed by atoms with van der Waals surface area (Å²) in [6.45, 7) is 6.48. The van der Waals surface area contributed by atoms with Crippen LogP contribution in [0.3, 0.4) is 0 Å². The lowest BCUT2D eigenvalue weighted by Crippen LogP contribution is -2.57. The van der Waals surface area contributed by atoms with E-state index in [-0.39, 0.29) is 9.84 Å². The number of ether oxygens (including phenoxy) is 2. The van der Waals surface area contributed by atoms with Gasteiger partial charge in [0.2, 0.25) is 0 Å². The van der Waals surface area contributed by atoms with Crippen molar-refractivity contribution in [2.75, 3.05) is 14.2 Å². The van der Waals surface area contributed by atoms with Gasteiger partial charge in [0.25, 0.3) is 0 Å². The van der Waals surface area contributed by atoms with Gasteiger partial charge in [-0.25, -0.2) is 9.59 Å². The second-order valence-corrected chi connectivity index (χ2v) is 10.3. The summed E-state index contributed by atoms with van der Waals surface area (Å²) < 4.78 is 10.7. The first kappa shape index (κ1) is 21.1. The summed E-state index contributed by atoms with van der Waals surface area (Å²) in [6.07, 6.45) is 0. The Morgan fingerprint density at radius 1 is 0.933 bits per heavy atom. The van der Waals surface area contributed by atoms with Crippen LogP contribution >= 0.6 is 22.6 Å². The third-order valence-corrected chi connectivity index (χ3v) is 8.60. The molecule has 0 aromatic heterocycles. The molecule has 0 radical (unpaired) electrons. The number of methoxy groups -OCH3 is 2. The third-order valence-electron chi connectivity index (χ3n) is 7.04. The number of benzene rings is 2. The van der Waals surface area contributed by atoms with Crippen molar-refractivity contribution in [2.24, 2.45) is 5.41 Å². The summed E-state index contributed by atoms with van der Waals surface area (Å²) in [4.78, 5) is 26.5. The minimum absolute atomic E-state index is 0.171. The maximum Gasteiger partial charge on any atom is 0.335 e. The fourth-order valence-corrected chi connectivity index (χ4v) is 5.90. The Kier molecular flexibility index (Phi) is 5.08. The molecule has 2 bridgehead atoms. The molecule has 4 nitrogen and oxygen atoms in total. The molecule has 5 rings (SSSR count). The van der Waals surface area contributed by atoms with E-state index in [2.05, 4.69) is 67.6 Å². The molecular weight excluding hydrogens is 491 g/mol. The van der Waals surface area contributed by atoms with Gasteiger partial charge in [-0.2, -0.15) is 0 Å². The van der Waals surface area contributed by atoms with Crippen molar-refractivity contribution in [1.29, 1.82) is 0 Å². The fraction of sp³-hybridized carbons (Fsp3) is 0.360. The first-order chi connectivity index (χ1) is 14.2. The summed E-state index contributed by atoms with van der Waals surface area (Å²) in [6, 6.07) is 16.3. The van der Waals surface area contributed by atoms with E-state index in [0.717, 1.165) is 22.3 Å². The van der Waals surface area contributed by atoms with Gasteiger partial charge in [0.15, 0.2) is 0 Å². The standard InChI is InChI=1S/C25H25IO4/c1-14(26)24(2,3)25-17-12-8-6-10-15(17)19(16-11-7-9-13-18(16)25)20(22(27)29-4)21(25)23(28)30-5/h6-14,19H,1-5H3. The number of carbonyl (C=O) groups is 2. The normalized spacial score (nSPS) is 22.8. The van der Waals surface area contributed by atoms with Crippen LogP contribution in [0.2, 0.25) is 0 Å². The molecule has 0 heterocycles. The molecule has 3 aliphatic rings. The van der Waals surface area contributed by atoms with E-state index in [0.29, 0.717) is 11.1 Å². The molecule has 0 saturated heterocycles. The number of carbonyl (C=O) groups excluding carboxylic acids is 2. The van der Waals surface area contributed by atoms with Crippen LogP contribution in [0.4, 0.5) is 0 Å². The van der Waals surface area contributed by atoms with Gasteiger partial charge >= 0.3 is 11.9 Å².